The minimum Gasteiger partial charge on any atom is -0.396 e. The Morgan fingerprint density at radius 1 is 1.40 bits per heavy atom. The van der Waals surface area contributed by atoms with Gasteiger partial charge < -0.3 is 15.7 Å². The average Bonchev–Trinajstić information content (AvgIpc) is 2.73. The van der Waals surface area contributed by atoms with Crippen LogP contribution in [-0.2, 0) is 0 Å². The van der Waals surface area contributed by atoms with Crippen LogP contribution in [0.25, 0.3) is 0 Å². The number of nitrogens with two attached hydrogens (primary N) is 1. The summed E-state index contributed by atoms with van der Waals surface area (Å²) in [6, 6.07) is 0. The smallest absolute Gasteiger partial charge is 0.0471 e. The molecule has 1 aliphatic heterocycles. The maximum absolute atomic E-state index is 9.10. The van der Waals surface area contributed by atoms with Gasteiger partial charge in [0, 0.05) is 19.7 Å². The highest BCUT2D eigenvalue weighted by atomic mass is 16.3. The van der Waals surface area contributed by atoms with E-state index in [0.717, 1.165) is 45.4 Å². The summed E-state index contributed by atoms with van der Waals surface area (Å²) < 4.78 is 0. The van der Waals surface area contributed by atoms with E-state index in [1.165, 1.54) is 0 Å². The van der Waals surface area contributed by atoms with Crippen molar-refractivity contribution in [2.45, 2.75) is 33.1 Å². The summed E-state index contributed by atoms with van der Waals surface area (Å²) in [7, 11) is 0. The molecule has 0 aromatic carbocycles. The minimum atomic E-state index is 0.296. The van der Waals surface area contributed by atoms with Crippen molar-refractivity contribution in [2.75, 3.05) is 32.8 Å². The van der Waals surface area contributed by atoms with E-state index in [-0.39, 0.29) is 0 Å². The Labute approximate surface area is 93.6 Å². The van der Waals surface area contributed by atoms with Crippen molar-refractivity contribution in [1.82, 2.24) is 4.90 Å². The lowest BCUT2D eigenvalue weighted by Crippen LogP contribution is -2.41. The molecule has 0 radical (unpaired) electrons. The predicted octanol–water partition coefficient (Wildman–Crippen LogP) is 1.07. The third-order valence-corrected chi connectivity index (χ3v) is 4.12. The number of nitrogens with zero attached hydrogens (tertiary/aromatic N) is 1. The first-order valence-corrected chi connectivity index (χ1v) is 6.23. The summed E-state index contributed by atoms with van der Waals surface area (Å²) in [4.78, 5) is 2.47. The summed E-state index contributed by atoms with van der Waals surface area (Å²) in [6.45, 7) is 8.87. The van der Waals surface area contributed by atoms with Crippen LogP contribution in [0, 0.1) is 11.3 Å². The molecule has 0 aromatic heterocycles. The highest BCUT2D eigenvalue weighted by Gasteiger charge is 2.30. The van der Waals surface area contributed by atoms with E-state index in [0.29, 0.717) is 17.9 Å². The van der Waals surface area contributed by atoms with Gasteiger partial charge in [-0.25, -0.2) is 0 Å². The van der Waals surface area contributed by atoms with Crippen LogP contribution in [-0.4, -0.2) is 42.8 Å². The van der Waals surface area contributed by atoms with Crippen LogP contribution in [0.1, 0.15) is 33.1 Å². The lowest BCUT2D eigenvalue weighted by Gasteiger charge is -2.34. The van der Waals surface area contributed by atoms with Crippen LogP contribution in [0.15, 0.2) is 0 Å². The molecule has 1 fully saturated rings. The van der Waals surface area contributed by atoms with E-state index >= 15 is 0 Å². The quantitative estimate of drug-likeness (QED) is 0.695. The Morgan fingerprint density at radius 2 is 2.07 bits per heavy atom. The van der Waals surface area contributed by atoms with E-state index in [4.69, 9.17) is 10.8 Å². The van der Waals surface area contributed by atoms with E-state index < -0.39 is 0 Å². The van der Waals surface area contributed by atoms with Gasteiger partial charge in [-0.1, -0.05) is 13.8 Å². The van der Waals surface area contributed by atoms with Crippen molar-refractivity contribution in [2.24, 2.45) is 17.1 Å². The second-order valence-electron chi connectivity index (χ2n) is 4.98. The molecule has 1 aliphatic rings. The number of likely N-dealkylation sites (tertiary alicyclic amines) is 1. The second-order valence-corrected chi connectivity index (χ2v) is 4.98. The van der Waals surface area contributed by atoms with Crippen molar-refractivity contribution in [1.29, 1.82) is 0 Å². The first kappa shape index (κ1) is 12.9. The third kappa shape index (κ3) is 3.16. The Hall–Kier alpha value is -0.120. The van der Waals surface area contributed by atoms with Gasteiger partial charge in [0.1, 0.15) is 0 Å². The van der Waals surface area contributed by atoms with Gasteiger partial charge in [-0.2, -0.15) is 0 Å². The fraction of sp³-hybridized carbons (Fsp3) is 1.00. The van der Waals surface area contributed by atoms with Gasteiger partial charge >= 0.3 is 0 Å². The van der Waals surface area contributed by atoms with E-state index in [2.05, 4.69) is 18.7 Å². The fourth-order valence-electron chi connectivity index (χ4n) is 2.51. The molecule has 1 atom stereocenters. The summed E-state index contributed by atoms with van der Waals surface area (Å²) in [5, 5.41) is 9.10. The van der Waals surface area contributed by atoms with Crippen molar-refractivity contribution in [3.63, 3.8) is 0 Å². The molecule has 3 heteroatoms. The Morgan fingerprint density at radius 3 is 2.47 bits per heavy atom. The lowest BCUT2D eigenvalue weighted by atomic mass is 9.82. The molecule has 0 aliphatic carbocycles. The van der Waals surface area contributed by atoms with Crippen LogP contribution >= 0.6 is 0 Å². The molecule has 1 heterocycles. The molecule has 0 aromatic rings. The molecule has 3 N–H and O–H groups in total. The zero-order valence-corrected chi connectivity index (χ0v) is 10.2. The molecular formula is C12H26N2O. The molecule has 90 valence electrons. The van der Waals surface area contributed by atoms with Gasteiger partial charge in [-0.05, 0) is 43.7 Å². The van der Waals surface area contributed by atoms with Crippen LogP contribution in [0.2, 0.25) is 0 Å². The number of aliphatic hydroxyl groups excluding tert-OH is 1. The van der Waals surface area contributed by atoms with Gasteiger partial charge in [0.25, 0.3) is 0 Å². The third-order valence-electron chi connectivity index (χ3n) is 4.12. The number of rotatable bonds is 6. The zero-order valence-electron chi connectivity index (χ0n) is 10.2. The highest BCUT2D eigenvalue weighted by Crippen LogP contribution is 2.28. The van der Waals surface area contributed by atoms with Gasteiger partial charge in [-0.15, -0.1) is 0 Å². The first-order valence-electron chi connectivity index (χ1n) is 6.23. The largest absolute Gasteiger partial charge is 0.396 e. The van der Waals surface area contributed by atoms with Crippen molar-refractivity contribution >= 4 is 0 Å². The Kier molecular flexibility index (Phi) is 5.03. The van der Waals surface area contributed by atoms with Crippen molar-refractivity contribution < 1.29 is 5.11 Å². The van der Waals surface area contributed by atoms with Crippen molar-refractivity contribution in [3.05, 3.63) is 0 Å². The fourth-order valence-corrected chi connectivity index (χ4v) is 2.51. The molecule has 3 nitrogen and oxygen atoms in total. The number of hydrogen-bond donors (Lipinski definition) is 2. The van der Waals surface area contributed by atoms with Gasteiger partial charge in [0.05, 0.1) is 0 Å². The minimum absolute atomic E-state index is 0.296. The van der Waals surface area contributed by atoms with E-state index in [9.17, 15) is 0 Å². The molecule has 0 saturated carbocycles. The molecular weight excluding hydrogens is 188 g/mol. The van der Waals surface area contributed by atoms with Gasteiger partial charge in [0.2, 0.25) is 0 Å². The topological polar surface area (TPSA) is 49.5 Å². The second kappa shape index (κ2) is 5.83. The normalized spacial score (nSPS) is 23.6. The summed E-state index contributed by atoms with van der Waals surface area (Å²) in [5.74, 6) is 0.495. The Balaban J connectivity index is 2.45. The van der Waals surface area contributed by atoms with Crippen LogP contribution in [0.5, 0.6) is 0 Å². The highest BCUT2D eigenvalue weighted by molar-refractivity contribution is 4.85. The monoisotopic (exact) mass is 214 g/mol. The molecule has 0 bridgehead atoms. The zero-order chi connectivity index (χ0) is 11.3. The number of hydrogen-bond acceptors (Lipinski definition) is 3. The molecule has 0 amide bonds. The SMILES string of the molecule is CCC(CC)(CN)CN1CCC(CO)C1. The standard InChI is InChI=1S/C12H26N2O/c1-3-12(4-2,9-13)10-14-6-5-11(7-14)8-15/h11,15H,3-10,13H2,1-2H3. The van der Waals surface area contributed by atoms with Gasteiger partial charge in [0.15, 0.2) is 0 Å². The number of aliphatic hydroxyl groups is 1. The summed E-state index contributed by atoms with van der Waals surface area (Å²) in [6.07, 6.45) is 3.45. The van der Waals surface area contributed by atoms with Crippen LogP contribution < -0.4 is 5.73 Å². The Bertz CT molecular complexity index is 172. The molecule has 0 spiro atoms. The molecule has 1 unspecified atom stereocenters. The van der Waals surface area contributed by atoms with Crippen molar-refractivity contribution in [3.8, 4) is 0 Å². The predicted molar refractivity (Wildman–Crippen MR) is 63.7 cm³/mol. The maximum Gasteiger partial charge on any atom is 0.0471 e. The van der Waals surface area contributed by atoms with Crippen LogP contribution in [0.4, 0.5) is 0 Å². The first-order chi connectivity index (χ1) is 7.19. The molecule has 1 saturated heterocycles. The lowest BCUT2D eigenvalue weighted by molar-refractivity contribution is 0.154. The van der Waals surface area contributed by atoms with E-state index in [1.807, 2.05) is 0 Å². The van der Waals surface area contributed by atoms with Crippen LogP contribution in [0.3, 0.4) is 0 Å². The average molecular weight is 214 g/mol. The van der Waals surface area contributed by atoms with Gasteiger partial charge in [-0.3, -0.25) is 0 Å². The summed E-state index contributed by atoms with van der Waals surface area (Å²) in [5.41, 5.74) is 6.19. The van der Waals surface area contributed by atoms with E-state index in [1.54, 1.807) is 0 Å². The maximum atomic E-state index is 9.10. The molecule has 15 heavy (non-hydrogen) atoms. The summed E-state index contributed by atoms with van der Waals surface area (Å²) >= 11 is 0. The molecule has 1 rings (SSSR count).